The number of alkyl halides is 2. The van der Waals surface area contributed by atoms with Crippen molar-refractivity contribution in [3.63, 3.8) is 0 Å². The number of aromatic nitrogens is 1. The molecule has 0 aliphatic carbocycles. The first-order chi connectivity index (χ1) is 12.9. The number of hydrogen-bond donors (Lipinski definition) is 2. The molecule has 3 N–H and O–H groups in total. The van der Waals surface area contributed by atoms with E-state index < -0.39 is 12.5 Å². The van der Waals surface area contributed by atoms with Gasteiger partial charge in [-0.25, -0.2) is 4.98 Å². The standard InChI is InChI=1S/C18H17F2N3O3S/c1-9-7-10(8-25-2)13-14(21)15(27-17(13)22-9)16(24)23-11-3-5-12(6-4-11)26-18(19)20/h3-7,18H,8,21H2,1-2H3,(H,23,24). The van der Waals surface area contributed by atoms with Crippen LogP contribution >= 0.6 is 11.3 Å². The van der Waals surface area contributed by atoms with E-state index in [-0.39, 0.29) is 5.75 Å². The van der Waals surface area contributed by atoms with E-state index in [4.69, 9.17) is 10.5 Å². The number of anilines is 2. The molecule has 0 aliphatic rings. The number of rotatable bonds is 6. The summed E-state index contributed by atoms with van der Waals surface area (Å²) in [6, 6.07) is 7.50. The molecule has 0 unspecified atom stereocenters. The number of hydrogen-bond acceptors (Lipinski definition) is 6. The topological polar surface area (TPSA) is 86.5 Å². The van der Waals surface area contributed by atoms with E-state index in [1.165, 1.54) is 35.6 Å². The molecule has 1 amide bonds. The number of carbonyl (C=O) groups is 1. The summed E-state index contributed by atoms with van der Waals surface area (Å²) in [6.07, 6.45) is 0. The molecule has 9 heteroatoms. The minimum absolute atomic E-state index is 0.00765. The summed E-state index contributed by atoms with van der Waals surface area (Å²) in [5.74, 6) is -0.396. The van der Waals surface area contributed by atoms with E-state index in [2.05, 4.69) is 15.0 Å². The Morgan fingerprint density at radius 2 is 2.04 bits per heavy atom. The van der Waals surface area contributed by atoms with Gasteiger partial charge >= 0.3 is 6.61 Å². The van der Waals surface area contributed by atoms with Gasteiger partial charge < -0.3 is 20.5 Å². The lowest BCUT2D eigenvalue weighted by Gasteiger charge is -2.07. The van der Waals surface area contributed by atoms with E-state index in [0.29, 0.717) is 33.1 Å². The number of methoxy groups -OCH3 is 1. The second kappa shape index (κ2) is 7.85. The molecule has 2 aromatic heterocycles. The minimum atomic E-state index is -2.90. The molecule has 1 aromatic carbocycles. The summed E-state index contributed by atoms with van der Waals surface area (Å²) in [6.45, 7) is -0.689. The number of aryl methyl sites for hydroxylation is 1. The second-order valence-corrected chi connectivity index (χ2v) is 6.74. The predicted molar refractivity (Wildman–Crippen MR) is 101 cm³/mol. The number of nitrogens with zero attached hydrogens (tertiary/aromatic N) is 1. The highest BCUT2D eigenvalue weighted by molar-refractivity contribution is 7.21. The van der Waals surface area contributed by atoms with Crippen LogP contribution in [0.3, 0.4) is 0 Å². The van der Waals surface area contributed by atoms with Gasteiger partial charge in [0, 0.05) is 23.9 Å². The van der Waals surface area contributed by atoms with Gasteiger partial charge in [-0.3, -0.25) is 4.79 Å². The summed E-state index contributed by atoms with van der Waals surface area (Å²) in [4.78, 5) is 18.1. The van der Waals surface area contributed by atoms with Crippen LogP contribution in [0.25, 0.3) is 10.2 Å². The van der Waals surface area contributed by atoms with E-state index in [0.717, 1.165) is 11.3 Å². The van der Waals surface area contributed by atoms with Gasteiger partial charge in [0.15, 0.2) is 0 Å². The number of amides is 1. The van der Waals surface area contributed by atoms with Crippen molar-refractivity contribution in [3.8, 4) is 5.75 Å². The number of nitrogens with two attached hydrogens (primary N) is 1. The van der Waals surface area contributed by atoms with E-state index in [1.807, 2.05) is 13.0 Å². The number of benzene rings is 1. The van der Waals surface area contributed by atoms with Gasteiger partial charge in [0.1, 0.15) is 15.5 Å². The Bertz CT molecular complexity index is 974. The highest BCUT2D eigenvalue weighted by atomic mass is 32.1. The highest BCUT2D eigenvalue weighted by Gasteiger charge is 2.20. The second-order valence-electron chi connectivity index (χ2n) is 5.74. The Labute approximate surface area is 157 Å². The van der Waals surface area contributed by atoms with Crippen LogP contribution in [0.2, 0.25) is 0 Å². The lowest BCUT2D eigenvalue weighted by Crippen LogP contribution is -2.12. The van der Waals surface area contributed by atoms with Crippen molar-refractivity contribution in [2.45, 2.75) is 20.1 Å². The number of nitrogen functional groups attached to an aromatic ring is 1. The van der Waals surface area contributed by atoms with Crippen LogP contribution in [-0.2, 0) is 11.3 Å². The van der Waals surface area contributed by atoms with E-state index >= 15 is 0 Å². The average Bonchev–Trinajstić information content (AvgIpc) is 2.93. The molecule has 0 atom stereocenters. The molecule has 2 heterocycles. The first kappa shape index (κ1) is 19.0. The van der Waals surface area contributed by atoms with Crippen molar-refractivity contribution in [1.29, 1.82) is 0 Å². The summed E-state index contributed by atoms with van der Waals surface area (Å²) in [7, 11) is 1.58. The van der Waals surface area contributed by atoms with Crippen LogP contribution in [0, 0.1) is 6.92 Å². The number of thiophene rings is 1. The molecule has 3 rings (SSSR count). The summed E-state index contributed by atoms with van der Waals surface area (Å²) in [5.41, 5.74) is 8.64. The molecule has 0 radical (unpaired) electrons. The molecule has 0 saturated carbocycles. The first-order valence-corrected chi connectivity index (χ1v) is 8.74. The van der Waals surface area contributed by atoms with Crippen molar-refractivity contribution in [1.82, 2.24) is 4.98 Å². The third-order valence-electron chi connectivity index (χ3n) is 3.75. The Hall–Kier alpha value is -2.78. The molecule has 0 fully saturated rings. The van der Waals surface area contributed by atoms with Crippen LogP contribution in [0.1, 0.15) is 20.9 Å². The SMILES string of the molecule is COCc1cc(C)nc2sc(C(=O)Nc3ccc(OC(F)F)cc3)c(N)c12. The smallest absolute Gasteiger partial charge is 0.387 e. The minimum Gasteiger partial charge on any atom is -0.435 e. The lowest BCUT2D eigenvalue weighted by atomic mass is 10.1. The fourth-order valence-corrected chi connectivity index (χ4v) is 3.76. The molecule has 3 aromatic rings. The third-order valence-corrected chi connectivity index (χ3v) is 4.85. The van der Waals surface area contributed by atoms with Crippen molar-refractivity contribution in [2.24, 2.45) is 0 Å². The maximum Gasteiger partial charge on any atom is 0.387 e. The number of nitrogens with one attached hydrogen (secondary N) is 1. The number of ether oxygens (including phenoxy) is 2. The quantitative estimate of drug-likeness (QED) is 0.656. The third kappa shape index (κ3) is 4.15. The summed E-state index contributed by atoms with van der Waals surface area (Å²) < 4.78 is 33.9. The zero-order chi connectivity index (χ0) is 19.6. The Balaban J connectivity index is 1.87. The maximum absolute atomic E-state index is 12.6. The maximum atomic E-state index is 12.6. The monoisotopic (exact) mass is 393 g/mol. The predicted octanol–water partition coefficient (Wildman–Crippen LogP) is 4.19. The Kier molecular flexibility index (Phi) is 5.52. The van der Waals surface area contributed by atoms with Gasteiger partial charge in [0.05, 0.1) is 12.3 Å². The molecular weight excluding hydrogens is 376 g/mol. The molecule has 0 saturated heterocycles. The fourth-order valence-electron chi connectivity index (χ4n) is 2.68. The van der Waals surface area contributed by atoms with Gasteiger partial charge in [0.2, 0.25) is 0 Å². The zero-order valence-corrected chi connectivity index (χ0v) is 15.4. The molecule has 0 aliphatic heterocycles. The molecule has 27 heavy (non-hydrogen) atoms. The highest BCUT2D eigenvalue weighted by Crippen LogP contribution is 2.36. The van der Waals surface area contributed by atoms with Crippen molar-refractivity contribution >= 4 is 38.8 Å². The van der Waals surface area contributed by atoms with Crippen LogP contribution in [0.4, 0.5) is 20.2 Å². The van der Waals surface area contributed by atoms with Gasteiger partial charge in [-0.15, -0.1) is 11.3 Å². The number of pyridine rings is 1. The molecule has 6 nitrogen and oxygen atoms in total. The van der Waals surface area contributed by atoms with Gasteiger partial charge in [-0.2, -0.15) is 8.78 Å². The summed E-state index contributed by atoms with van der Waals surface area (Å²) in [5, 5.41) is 3.40. The lowest BCUT2D eigenvalue weighted by molar-refractivity contribution is -0.0498. The number of carbonyl (C=O) groups excluding carboxylic acids is 1. The van der Waals surface area contributed by atoms with Gasteiger partial charge in [-0.05, 0) is 42.8 Å². The molecule has 0 spiro atoms. The molecule has 0 bridgehead atoms. The van der Waals surface area contributed by atoms with Gasteiger partial charge in [0.25, 0.3) is 5.91 Å². The Morgan fingerprint density at radius 1 is 1.33 bits per heavy atom. The number of fused-ring (bicyclic) bond motifs is 1. The van der Waals surface area contributed by atoms with Crippen LogP contribution < -0.4 is 15.8 Å². The largest absolute Gasteiger partial charge is 0.435 e. The average molecular weight is 393 g/mol. The summed E-state index contributed by atoms with van der Waals surface area (Å²) >= 11 is 1.19. The van der Waals surface area contributed by atoms with Crippen molar-refractivity contribution in [2.75, 3.05) is 18.2 Å². The first-order valence-electron chi connectivity index (χ1n) is 7.92. The van der Waals surface area contributed by atoms with Crippen molar-refractivity contribution < 1.29 is 23.0 Å². The fraction of sp³-hybridized carbons (Fsp3) is 0.222. The van der Waals surface area contributed by atoms with Crippen LogP contribution in [-0.4, -0.2) is 24.6 Å². The van der Waals surface area contributed by atoms with Crippen LogP contribution in [0.5, 0.6) is 5.75 Å². The molecular formula is C18H17F2N3O3S. The Morgan fingerprint density at radius 3 is 2.67 bits per heavy atom. The zero-order valence-electron chi connectivity index (χ0n) is 14.6. The number of halogens is 2. The van der Waals surface area contributed by atoms with Crippen LogP contribution in [0.15, 0.2) is 30.3 Å². The van der Waals surface area contributed by atoms with E-state index in [1.54, 1.807) is 7.11 Å². The normalized spacial score (nSPS) is 11.1. The molecule has 142 valence electrons. The van der Waals surface area contributed by atoms with Crippen molar-refractivity contribution in [3.05, 3.63) is 46.5 Å². The van der Waals surface area contributed by atoms with E-state index in [9.17, 15) is 13.6 Å². The van der Waals surface area contributed by atoms with Gasteiger partial charge in [-0.1, -0.05) is 0 Å².